The highest BCUT2D eigenvalue weighted by atomic mass is 16.5. The number of nitrogens with two attached hydrogens (primary N) is 1. The van der Waals surface area contributed by atoms with Crippen LogP contribution < -0.4 is 5.73 Å². The third-order valence-corrected chi connectivity index (χ3v) is 4.66. The molecule has 0 aromatic heterocycles. The molecule has 1 aliphatic carbocycles. The maximum absolute atomic E-state index is 6.50. The van der Waals surface area contributed by atoms with E-state index in [-0.39, 0.29) is 11.6 Å². The average molecular weight is 275 g/mol. The maximum Gasteiger partial charge on any atom is 0.0835 e. The molecule has 1 saturated carbocycles. The Hall–Kier alpha value is -0.860. The van der Waals surface area contributed by atoms with Gasteiger partial charge in [0.1, 0.15) is 0 Å². The van der Waals surface area contributed by atoms with Crippen LogP contribution in [0.2, 0.25) is 0 Å². The van der Waals surface area contributed by atoms with Gasteiger partial charge in [-0.25, -0.2) is 0 Å². The average Bonchev–Trinajstić information content (AvgIpc) is 2.89. The summed E-state index contributed by atoms with van der Waals surface area (Å²) in [5.41, 5.74) is 9.15. The van der Waals surface area contributed by atoms with Gasteiger partial charge in [-0.05, 0) is 43.2 Å². The van der Waals surface area contributed by atoms with Crippen molar-refractivity contribution in [3.05, 3.63) is 35.4 Å². The Morgan fingerprint density at radius 1 is 1.15 bits per heavy atom. The molecular formula is C18H29NO. The van der Waals surface area contributed by atoms with Crippen molar-refractivity contribution in [2.24, 2.45) is 5.73 Å². The van der Waals surface area contributed by atoms with Gasteiger partial charge in [0.05, 0.1) is 5.60 Å². The van der Waals surface area contributed by atoms with Crippen molar-refractivity contribution in [3.8, 4) is 0 Å². The Bertz CT molecular complexity index is 404. The van der Waals surface area contributed by atoms with Gasteiger partial charge in [0, 0.05) is 12.6 Å². The summed E-state index contributed by atoms with van der Waals surface area (Å²) < 4.78 is 6.06. The lowest BCUT2D eigenvalue weighted by atomic mass is 9.87. The SMILES string of the molecule is CCOC1(C(N)Cc2ccc(C(C)C)cc2)CCCC1. The first-order valence-electron chi connectivity index (χ1n) is 8.06. The molecule has 0 heterocycles. The van der Waals surface area contributed by atoms with Gasteiger partial charge in [-0.1, -0.05) is 51.0 Å². The summed E-state index contributed by atoms with van der Waals surface area (Å²) >= 11 is 0. The summed E-state index contributed by atoms with van der Waals surface area (Å²) in [4.78, 5) is 0. The maximum atomic E-state index is 6.50. The smallest absolute Gasteiger partial charge is 0.0835 e. The van der Waals surface area contributed by atoms with Gasteiger partial charge in [0.15, 0.2) is 0 Å². The minimum absolute atomic E-state index is 0.0779. The van der Waals surface area contributed by atoms with Crippen LogP contribution in [0.1, 0.15) is 63.5 Å². The number of hydrogen-bond acceptors (Lipinski definition) is 2. The fourth-order valence-corrected chi connectivity index (χ4v) is 3.36. The van der Waals surface area contributed by atoms with Gasteiger partial charge >= 0.3 is 0 Å². The third-order valence-electron chi connectivity index (χ3n) is 4.66. The van der Waals surface area contributed by atoms with E-state index in [0.717, 1.165) is 25.9 Å². The second-order valence-corrected chi connectivity index (χ2v) is 6.41. The first-order valence-corrected chi connectivity index (χ1v) is 8.06. The summed E-state index contributed by atoms with van der Waals surface area (Å²) in [5.74, 6) is 0.585. The fraction of sp³-hybridized carbons (Fsp3) is 0.667. The van der Waals surface area contributed by atoms with E-state index in [1.807, 2.05) is 0 Å². The van der Waals surface area contributed by atoms with Crippen LogP contribution in [0.5, 0.6) is 0 Å². The molecule has 0 bridgehead atoms. The standard InChI is InChI=1S/C18H29NO/c1-4-20-18(11-5-6-12-18)17(19)13-15-7-9-16(10-8-15)14(2)3/h7-10,14,17H,4-6,11-13,19H2,1-3H3. The van der Waals surface area contributed by atoms with Crippen molar-refractivity contribution < 1.29 is 4.74 Å². The lowest BCUT2D eigenvalue weighted by Crippen LogP contribution is -2.49. The molecule has 2 heteroatoms. The van der Waals surface area contributed by atoms with Gasteiger partial charge < -0.3 is 10.5 Å². The summed E-state index contributed by atoms with van der Waals surface area (Å²) in [5, 5.41) is 0. The molecule has 1 aromatic carbocycles. The molecule has 2 N–H and O–H groups in total. The molecule has 2 rings (SSSR count). The normalized spacial score (nSPS) is 19.4. The zero-order valence-electron chi connectivity index (χ0n) is 13.2. The van der Waals surface area contributed by atoms with E-state index in [1.54, 1.807) is 0 Å². The third kappa shape index (κ3) is 3.42. The Kier molecular flexibility index (Phi) is 5.22. The van der Waals surface area contributed by atoms with Crippen LogP contribution in [0, 0.1) is 0 Å². The summed E-state index contributed by atoms with van der Waals surface area (Å²) in [6, 6.07) is 9.02. The summed E-state index contributed by atoms with van der Waals surface area (Å²) in [6.45, 7) is 7.29. The molecule has 1 aromatic rings. The van der Waals surface area contributed by atoms with Gasteiger partial charge in [0.2, 0.25) is 0 Å². The lowest BCUT2D eigenvalue weighted by Gasteiger charge is -2.35. The van der Waals surface area contributed by atoms with E-state index in [2.05, 4.69) is 45.0 Å². The minimum atomic E-state index is -0.0779. The van der Waals surface area contributed by atoms with Gasteiger partial charge in [-0.3, -0.25) is 0 Å². The lowest BCUT2D eigenvalue weighted by molar-refractivity contribution is -0.0524. The zero-order chi connectivity index (χ0) is 14.6. The monoisotopic (exact) mass is 275 g/mol. The van der Waals surface area contributed by atoms with E-state index in [1.165, 1.54) is 24.0 Å². The molecule has 1 fully saturated rings. The molecule has 0 aliphatic heterocycles. The highest BCUT2D eigenvalue weighted by molar-refractivity contribution is 5.25. The molecule has 0 spiro atoms. The molecule has 1 aliphatic rings. The predicted molar refractivity (Wildman–Crippen MR) is 85.0 cm³/mol. The van der Waals surface area contributed by atoms with Crippen molar-refractivity contribution in [3.63, 3.8) is 0 Å². The van der Waals surface area contributed by atoms with Gasteiger partial charge in [0.25, 0.3) is 0 Å². The number of hydrogen-bond donors (Lipinski definition) is 1. The predicted octanol–water partition coefficient (Wildman–Crippen LogP) is 4.03. The first-order chi connectivity index (χ1) is 9.57. The Morgan fingerprint density at radius 2 is 1.75 bits per heavy atom. The second kappa shape index (κ2) is 6.73. The molecule has 0 saturated heterocycles. The van der Waals surface area contributed by atoms with Crippen LogP contribution >= 0.6 is 0 Å². The Balaban J connectivity index is 2.04. The van der Waals surface area contributed by atoms with Gasteiger partial charge in [-0.15, -0.1) is 0 Å². The summed E-state index contributed by atoms with van der Waals surface area (Å²) in [6.07, 6.45) is 5.65. The highest BCUT2D eigenvalue weighted by Crippen LogP contribution is 2.36. The molecule has 0 amide bonds. The van der Waals surface area contributed by atoms with E-state index >= 15 is 0 Å². The largest absolute Gasteiger partial charge is 0.374 e. The van der Waals surface area contributed by atoms with E-state index in [9.17, 15) is 0 Å². The number of ether oxygens (including phenoxy) is 1. The van der Waals surface area contributed by atoms with E-state index in [0.29, 0.717) is 5.92 Å². The first kappa shape index (κ1) is 15.5. The highest BCUT2D eigenvalue weighted by Gasteiger charge is 2.40. The summed E-state index contributed by atoms with van der Waals surface area (Å²) in [7, 11) is 0. The Labute approximate surface area is 123 Å². The van der Waals surface area contributed by atoms with Crippen molar-refractivity contribution >= 4 is 0 Å². The molecule has 2 nitrogen and oxygen atoms in total. The quantitative estimate of drug-likeness (QED) is 0.850. The number of rotatable bonds is 6. The van der Waals surface area contributed by atoms with Crippen LogP contribution in [0.4, 0.5) is 0 Å². The molecule has 0 radical (unpaired) electrons. The molecular weight excluding hydrogens is 246 g/mol. The van der Waals surface area contributed by atoms with Crippen molar-refractivity contribution in [2.75, 3.05) is 6.61 Å². The minimum Gasteiger partial charge on any atom is -0.374 e. The zero-order valence-corrected chi connectivity index (χ0v) is 13.2. The molecule has 112 valence electrons. The van der Waals surface area contributed by atoms with Crippen LogP contribution in [-0.4, -0.2) is 18.2 Å². The molecule has 1 unspecified atom stereocenters. The number of benzene rings is 1. The topological polar surface area (TPSA) is 35.2 Å². The van der Waals surface area contributed by atoms with Crippen molar-refractivity contribution in [2.45, 2.75) is 70.4 Å². The second-order valence-electron chi connectivity index (χ2n) is 6.41. The van der Waals surface area contributed by atoms with Crippen LogP contribution in [-0.2, 0) is 11.2 Å². The Morgan fingerprint density at radius 3 is 2.25 bits per heavy atom. The van der Waals surface area contributed by atoms with Crippen LogP contribution in [0.15, 0.2) is 24.3 Å². The van der Waals surface area contributed by atoms with E-state index < -0.39 is 0 Å². The van der Waals surface area contributed by atoms with Gasteiger partial charge in [-0.2, -0.15) is 0 Å². The fourth-order valence-electron chi connectivity index (χ4n) is 3.36. The van der Waals surface area contributed by atoms with Crippen LogP contribution in [0.25, 0.3) is 0 Å². The molecule has 1 atom stereocenters. The molecule has 20 heavy (non-hydrogen) atoms. The van der Waals surface area contributed by atoms with Crippen molar-refractivity contribution in [1.82, 2.24) is 0 Å². The van der Waals surface area contributed by atoms with E-state index in [4.69, 9.17) is 10.5 Å². The van der Waals surface area contributed by atoms with Crippen LogP contribution in [0.3, 0.4) is 0 Å². The van der Waals surface area contributed by atoms with Crippen molar-refractivity contribution in [1.29, 1.82) is 0 Å².